The Morgan fingerprint density at radius 2 is 1.92 bits per heavy atom. The molecular formula is C33H40FN5O9S3-2. The van der Waals surface area contributed by atoms with Crippen molar-refractivity contribution < 1.29 is 41.7 Å². The quantitative estimate of drug-likeness (QED) is 0.104. The van der Waals surface area contributed by atoms with Crippen LogP contribution in [-0.2, 0) is 28.1 Å². The predicted octanol–water partition coefficient (Wildman–Crippen LogP) is 3.05. The molecule has 18 heteroatoms. The van der Waals surface area contributed by atoms with Crippen molar-refractivity contribution in [1.29, 1.82) is 0 Å². The molecule has 14 nitrogen and oxygen atoms in total. The summed E-state index contributed by atoms with van der Waals surface area (Å²) in [5, 5.41) is 26.8. The normalized spacial score (nSPS) is 17.1. The van der Waals surface area contributed by atoms with Crippen LogP contribution in [0.1, 0.15) is 70.9 Å². The minimum absolute atomic E-state index is 0.0206. The summed E-state index contributed by atoms with van der Waals surface area (Å²) < 4.78 is 55.6. The number of amides is 1. The summed E-state index contributed by atoms with van der Waals surface area (Å²) in [5.74, 6) is -0.0234. The number of carbonyl (C=O) groups is 1. The summed E-state index contributed by atoms with van der Waals surface area (Å²) in [6.07, 6.45) is 1.20. The van der Waals surface area contributed by atoms with Crippen molar-refractivity contribution in [2.45, 2.75) is 57.3 Å². The van der Waals surface area contributed by atoms with Crippen LogP contribution in [-0.4, -0.2) is 105 Å². The number of H-pyrrole nitrogens is 1. The highest BCUT2D eigenvalue weighted by Gasteiger charge is 2.41. The SMILES string of the molecule is CC(C)c1nc(C(=O)N2CCOC3(CCN(Cc4ccc(F)c(CCNC[C@H](O)c5ccc(O)c6[nH]c(=O)sc56)c4)CC3)C2)cs1.O=S(=O)([O-])[O-]. The number of aromatic amines is 1. The van der Waals surface area contributed by atoms with Gasteiger partial charge in [0.05, 0.1) is 34.6 Å². The first-order valence-electron chi connectivity index (χ1n) is 16.4. The molecule has 0 unspecified atom stereocenters. The second-order valence-corrected chi connectivity index (χ2v) is 15.6. The molecule has 2 aromatic heterocycles. The van der Waals surface area contributed by atoms with Gasteiger partial charge < -0.3 is 39.3 Å². The molecule has 0 saturated carbocycles. The number of halogens is 1. The number of fused-ring (bicyclic) bond motifs is 1. The number of benzene rings is 2. The van der Waals surface area contributed by atoms with E-state index < -0.39 is 16.5 Å². The van der Waals surface area contributed by atoms with Crippen LogP contribution >= 0.6 is 22.7 Å². The molecule has 2 aliphatic rings. The maximum atomic E-state index is 14.7. The summed E-state index contributed by atoms with van der Waals surface area (Å²) in [6.45, 7) is 8.84. The number of hydrogen-bond acceptors (Lipinski definition) is 14. The number of phenols is 1. The molecule has 2 saturated heterocycles. The third-order valence-corrected chi connectivity index (χ3v) is 11.0. The number of aliphatic hydroxyl groups is 1. The number of rotatable bonds is 10. The van der Waals surface area contributed by atoms with Gasteiger partial charge in [0.2, 0.25) is 0 Å². The predicted molar refractivity (Wildman–Crippen MR) is 188 cm³/mol. The van der Waals surface area contributed by atoms with Gasteiger partial charge in [-0.1, -0.05) is 43.4 Å². The summed E-state index contributed by atoms with van der Waals surface area (Å²) in [4.78, 5) is 36.1. The number of morpholine rings is 1. The molecule has 1 atom stereocenters. The van der Waals surface area contributed by atoms with Crippen LogP contribution in [0.3, 0.4) is 0 Å². The van der Waals surface area contributed by atoms with E-state index in [0.717, 1.165) is 47.8 Å². The zero-order valence-corrected chi connectivity index (χ0v) is 30.5. The number of aromatic hydroxyl groups is 1. The summed E-state index contributed by atoms with van der Waals surface area (Å²) in [5.41, 5.74) is 2.69. The molecule has 2 aromatic carbocycles. The Hall–Kier alpha value is -3.33. The van der Waals surface area contributed by atoms with Crippen molar-refractivity contribution in [3.8, 4) is 5.75 Å². The summed E-state index contributed by atoms with van der Waals surface area (Å²) in [7, 11) is -5.17. The minimum Gasteiger partial charge on any atom is -0.759 e. The molecule has 2 fully saturated rings. The van der Waals surface area contributed by atoms with E-state index in [0.29, 0.717) is 72.2 Å². The second-order valence-electron chi connectivity index (χ2n) is 13.0. The van der Waals surface area contributed by atoms with Gasteiger partial charge in [0.1, 0.15) is 22.8 Å². The number of nitrogens with zero attached hydrogens (tertiary/aromatic N) is 3. The van der Waals surface area contributed by atoms with Crippen LogP contribution in [0.25, 0.3) is 10.2 Å². The van der Waals surface area contributed by atoms with E-state index in [9.17, 15) is 24.2 Å². The first kappa shape index (κ1) is 38.9. The molecule has 1 spiro atoms. The van der Waals surface area contributed by atoms with E-state index in [1.54, 1.807) is 6.07 Å². The molecule has 278 valence electrons. The molecule has 0 aliphatic carbocycles. The number of piperidine rings is 1. The second kappa shape index (κ2) is 16.6. The van der Waals surface area contributed by atoms with Gasteiger partial charge in [-0.15, -0.1) is 11.3 Å². The Labute approximate surface area is 302 Å². The van der Waals surface area contributed by atoms with Crippen LogP contribution in [0.4, 0.5) is 4.39 Å². The number of aliphatic hydroxyl groups excluding tert-OH is 1. The van der Waals surface area contributed by atoms with Crippen molar-refractivity contribution in [3.05, 3.63) is 78.6 Å². The number of carbonyl (C=O) groups excluding carboxylic acids is 1. The average Bonchev–Trinajstić information content (AvgIpc) is 3.73. The lowest BCUT2D eigenvalue weighted by atomic mass is 9.89. The smallest absolute Gasteiger partial charge is 0.305 e. The summed E-state index contributed by atoms with van der Waals surface area (Å²) in [6, 6.07) is 8.32. The van der Waals surface area contributed by atoms with Crippen molar-refractivity contribution in [2.75, 3.05) is 45.9 Å². The van der Waals surface area contributed by atoms with Crippen molar-refractivity contribution >= 4 is 49.2 Å². The molecule has 1 amide bonds. The van der Waals surface area contributed by atoms with E-state index in [4.69, 9.17) is 22.3 Å². The molecule has 6 rings (SSSR count). The Kier molecular flexibility index (Phi) is 12.6. The van der Waals surface area contributed by atoms with Crippen LogP contribution in [0.15, 0.2) is 40.5 Å². The lowest BCUT2D eigenvalue weighted by molar-refractivity contribution is -0.128. The third kappa shape index (κ3) is 10.4. The van der Waals surface area contributed by atoms with Crippen LogP contribution < -0.4 is 10.2 Å². The van der Waals surface area contributed by atoms with Gasteiger partial charge in [-0.2, -0.15) is 0 Å². The topological polar surface area (TPSA) is 211 Å². The number of thiazole rings is 2. The molecule has 51 heavy (non-hydrogen) atoms. The molecule has 4 aromatic rings. The number of hydrogen-bond donors (Lipinski definition) is 4. The van der Waals surface area contributed by atoms with E-state index in [1.165, 1.54) is 23.5 Å². The van der Waals surface area contributed by atoms with E-state index in [2.05, 4.69) is 34.0 Å². The largest absolute Gasteiger partial charge is 0.759 e. The minimum atomic E-state index is -5.17. The molecule has 4 heterocycles. The number of nitrogens with one attached hydrogen (secondary N) is 2. The Bertz CT molecular complexity index is 1980. The zero-order chi connectivity index (χ0) is 36.9. The fourth-order valence-electron chi connectivity index (χ4n) is 6.30. The van der Waals surface area contributed by atoms with Gasteiger partial charge in [-0.25, -0.2) is 9.37 Å². The van der Waals surface area contributed by atoms with Crippen LogP contribution in [0.5, 0.6) is 5.75 Å². The standard InChI is InChI=1S/C33H40FN5O5S2.H2O4S/c1-20(2)30-36-25(18-45-30)31(42)39-13-14-44-33(19-39)8-11-38(12-9-33)17-21-3-5-24(34)22(15-21)7-10-35-16-27(41)23-4-6-26(40)28-29(23)46-32(43)37-28;1-5(2,3)4/h3-6,15,18,20,27,35,40-41H,7-14,16-17,19H2,1-2H3,(H,37,43);(H2,1,2,3,4)/p-2/t27-;/m0./s1. The van der Waals surface area contributed by atoms with Gasteiger partial charge in [0, 0.05) is 60.0 Å². The zero-order valence-electron chi connectivity index (χ0n) is 28.1. The van der Waals surface area contributed by atoms with Crippen molar-refractivity contribution in [1.82, 2.24) is 25.1 Å². The van der Waals surface area contributed by atoms with Crippen LogP contribution in [0, 0.1) is 5.82 Å². The van der Waals surface area contributed by atoms with Crippen molar-refractivity contribution in [3.63, 3.8) is 0 Å². The highest BCUT2D eigenvalue weighted by atomic mass is 32.3. The van der Waals surface area contributed by atoms with Gasteiger partial charge in [-0.3, -0.25) is 22.9 Å². The Morgan fingerprint density at radius 1 is 1.20 bits per heavy atom. The molecule has 0 radical (unpaired) electrons. The molecule has 0 bridgehead atoms. The van der Waals surface area contributed by atoms with Crippen molar-refractivity contribution in [2.24, 2.45) is 0 Å². The first-order chi connectivity index (χ1) is 24.1. The lowest BCUT2D eigenvalue weighted by Crippen LogP contribution is -2.58. The van der Waals surface area contributed by atoms with E-state index >= 15 is 0 Å². The number of likely N-dealkylation sites (tertiary alicyclic amines) is 1. The van der Waals surface area contributed by atoms with Gasteiger partial charge >= 0.3 is 4.87 Å². The Balaban J connectivity index is 0.000000943. The van der Waals surface area contributed by atoms with E-state index in [-0.39, 0.29) is 34.5 Å². The third-order valence-electron chi connectivity index (χ3n) is 8.91. The Morgan fingerprint density at radius 3 is 2.61 bits per heavy atom. The summed E-state index contributed by atoms with van der Waals surface area (Å²) >= 11 is 2.48. The van der Waals surface area contributed by atoms with Gasteiger partial charge in [0.15, 0.2) is 0 Å². The highest BCUT2D eigenvalue weighted by Crippen LogP contribution is 2.33. The number of phenolic OH excluding ortho intramolecular Hbond substituents is 1. The fraction of sp³-hybridized carbons (Fsp3) is 0.485. The maximum Gasteiger partial charge on any atom is 0.305 e. The number of ether oxygens (including phenoxy) is 1. The first-order valence-corrected chi connectivity index (χ1v) is 19.4. The fourth-order valence-corrected chi connectivity index (χ4v) is 8.03. The monoisotopic (exact) mass is 765 g/mol. The van der Waals surface area contributed by atoms with Crippen LogP contribution in [0.2, 0.25) is 0 Å². The highest BCUT2D eigenvalue weighted by molar-refractivity contribution is 7.79. The van der Waals surface area contributed by atoms with Gasteiger partial charge in [-0.05, 0) is 49.1 Å². The van der Waals surface area contributed by atoms with E-state index in [1.807, 2.05) is 22.4 Å². The van der Waals surface area contributed by atoms with Gasteiger partial charge in [0.25, 0.3) is 5.91 Å². The average molecular weight is 766 g/mol. The maximum absolute atomic E-state index is 14.7. The lowest BCUT2D eigenvalue weighted by Gasteiger charge is -2.47. The number of aromatic nitrogens is 2. The molecule has 2 aliphatic heterocycles. The molecule has 4 N–H and O–H groups in total. The molecular weight excluding hydrogens is 726 g/mol.